The number of hydrogen-bond donors (Lipinski definition) is 1. The van der Waals surface area contributed by atoms with Crippen molar-refractivity contribution < 1.29 is 9.13 Å². The quantitative estimate of drug-likeness (QED) is 0.641. The fourth-order valence-electron chi connectivity index (χ4n) is 2.32. The number of aromatic nitrogens is 2. The highest BCUT2D eigenvalue weighted by Gasteiger charge is 2.17. The van der Waals surface area contributed by atoms with Crippen LogP contribution in [-0.2, 0) is 0 Å². The minimum Gasteiger partial charge on any atom is -0.456 e. The predicted molar refractivity (Wildman–Crippen MR) is 97.9 cm³/mol. The minimum absolute atomic E-state index is 0.256. The van der Waals surface area contributed by atoms with Gasteiger partial charge in [-0.2, -0.15) is 10.4 Å². The van der Waals surface area contributed by atoms with Gasteiger partial charge in [0, 0.05) is 16.6 Å². The van der Waals surface area contributed by atoms with Gasteiger partial charge in [0.05, 0.1) is 16.8 Å². The molecular formula is C18H10BrClFN3O2. The molecule has 3 aromatic rings. The van der Waals surface area contributed by atoms with E-state index in [1.165, 1.54) is 24.3 Å². The highest BCUT2D eigenvalue weighted by molar-refractivity contribution is 9.10. The summed E-state index contributed by atoms with van der Waals surface area (Å²) in [4.78, 5) is 11.2. The number of benzene rings is 2. The van der Waals surface area contributed by atoms with E-state index in [-0.39, 0.29) is 17.1 Å². The molecule has 1 N–H and O–H groups in total. The molecule has 130 valence electrons. The topological polar surface area (TPSA) is 78.8 Å². The first kappa shape index (κ1) is 18.1. The van der Waals surface area contributed by atoms with E-state index in [4.69, 9.17) is 16.3 Å². The summed E-state index contributed by atoms with van der Waals surface area (Å²) in [6.45, 7) is 0. The Hall–Kier alpha value is -2.69. The maximum atomic E-state index is 13.5. The third-order valence-corrected chi connectivity index (χ3v) is 4.25. The second-order valence-corrected chi connectivity index (χ2v) is 6.63. The molecule has 0 aliphatic heterocycles. The molecule has 3 rings (SSSR count). The van der Waals surface area contributed by atoms with Crippen LogP contribution in [0.25, 0.3) is 0 Å². The van der Waals surface area contributed by atoms with Crippen molar-refractivity contribution in [3.8, 4) is 17.6 Å². The Kier molecular flexibility index (Phi) is 5.35. The number of ether oxygens (including phenoxy) is 1. The van der Waals surface area contributed by atoms with Gasteiger partial charge in [0.1, 0.15) is 23.2 Å². The molecule has 0 amide bonds. The van der Waals surface area contributed by atoms with Crippen LogP contribution in [0, 0.1) is 17.1 Å². The summed E-state index contributed by atoms with van der Waals surface area (Å²) >= 11 is 9.36. The van der Waals surface area contributed by atoms with Gasteiger partial charge in [0.2, 0.25) is 0 Å². The van der Waals surface area contributed by atoms with Crippen molar-refractivity contribution in [1.82, 2.24) is 10.2 Å². The third-order valence-electron chi connectivity index (χ3n) is 3.48. The summed E-state index contributed by atoms with van der Waals surface area (Å²) in [6.07, 6.45) is 0. The number of rotatable bonds is 4. The van der Waals surface area contributed by atoms with Gasteiger partial charge in [-0.05, 0) is 35.9 Å². The predicted octanol–water partition coefficient (Wildman–Crippen LogP) is 4.77. The van der Waals surface area contributed by atoms with Crippen molar-refractivity contribution in [2.24, 2.45) is 0 Å². The molecule has 0 fully saturated rings. The monoisotopic (exact) mass is 433 g/mol. The molecule has 1 atom stereocenters. The number of halogens is 3. The van der Waals surface area contributed by atoms with Gasteiger partial charge in [0.15, 0.2) is 0 Å². The Bertz CT molecular complexity index is 1020. The van der Waals surface area contributed by atoms with Crippen LogP contribution in [0.2, 0.25) is 5.02 Å². The van der Waals surface area contributed by atoms with Gasteiger partial charge in [0.25, 0.3) is 5.56 Å². The van der Waals surface area contributed by atoms with Crippen LogP contribution in [-0.4, -0.2) is 10.2 Å². The smallest absolute Gasteiger partial charge is 0.264 e. The van der Waals surface area contributed by atoms with Crippen molar-refractivity contribution in [3.63, 3.8) is 0 Å². The number of aromatic amines is 1. The lowest BCUT2D eigenvalue weighted by Crippen LogP contribution is -2.10. The number of nitriles is 1. The number of hydrogen-bond acceptors (Lipinski definition) is 4. The molecule has 5 nitrogen and oxygen atoms in total. The second-order valence-electron chi connectivity index (χ2n) is 5.31. The zero-order chi connectivity index (χ0) is 18.7. The Morgan fingerprint density at radius 1 is 1.23 bits per heavy atom. The van der Waals surface area contributed by atoms with Crippen molar-refractivity contribution >= 4 is 27.5 Å². The summed E-state index contributed by atoms with van der Waals surface area (Å²) in [6, 6.07) is 13.9. The summed E-state index contributed by atoms with van der Waals surface area (Å²) in [7, 11) is 0. The van der Waals surface area contributed by atoms with Crippen molar-refractivity contribution in [2.75, 3.05) is 0 Å². The van der Waals surface area contributed by atoms with Crippen molar-refractivity contribution in [1.29, 1.82) is 5.26 Å². The van der Waals surface area contributed by atoms with Gasteiger partial charge in [-0.25, -0.2) is 9.49 Å². The standard InChI is InChI=1S/C18H10BrClFN3O2/c19-11-6-12(21)8-13(7-11)26-17-5-10(1-2-15(17)20)14(9-22)16-3-4-18(25)24-23-16/h1-8,14H,(H,24,25). The molecular weight excluding hydrogens is 425 g/mol. The van der Waals surface area contributed by atoms with E-state index < -0.39 is 11.7 Å². The van der Waals surface area contributed by atoms with E-state index in [0.29, 0.717) is 20.8 Å². The average molecular weight is 435 g/mol. The van der Waals surface area contributed by atoms with Gasteiger partial charge in [-0.1, -0.05) is 33.6 Å². The summed E-state index contributed by atoms with van der Waals surface area (Å²) in [5.41, 5.74) is 0.595. The summed E-state index contributed by atoms with van der Waals surface area (Å²) in [5.74, 6) is -0.669. The van der Waals surface area contributed by atoms with E-state index in [9.17, 15) is 14.4 Å². The Balaban J connectivity index is 1.97. The molecule has 0 spiro atoms. The first-order chi connectivity index (χ1) is 12.5. The molecule has 0 aliphatic carbocycles. The van der Waals surface area contributed by atoms with Crippen molar-refractivity contribution in [3.05, 3.63) is 85.5 Å². The number of nitrogens with one attached hydrogen (secondary N) is 1. The fourth-order valence-corrected chi connectivity index (χ4v) is 2.92. The van der Waals surface area contributed by atoms with Gasteiger partial charge >= 0.3 is 0 Å². The maximum Gasteiger partial charge on any atom is 0.264 e. The van der Waals surface area contributed by atoms with Gasteiger partial charge < -0.3 is 4.74 Å². The molecule has 8 heteroatoms. The zero-order valence-electron chi connectivity index (χ0n) is 13.0. The lowest BCUT2D eigenvalue weighted by Gasteiger charge is -2.13. The number of nitrogens with zero attached hydrogens (tertiary/aromatic N) is 2. The molecule has 0 bridgehead atoms. The molecule has 0 radical (unpaired) electrons. The zero-order valence-corrected chi connectivity index (χ0v) is 15.4. The second kappa shape index (κ2) is 7.68. The van der Waals surface area contributed by atoms with Crippen LogP contribution >= 0.6 is 27.5 Å². The van der Waals surface area contributed by atoms with Crippen LogP contribution in [0.3, 0.4) is 0 Å². The Morgan fingerprint density at radius 2 is 2.04 bits per heavy atom. The van der Waals surface area contributed by atoms with E-state index in [1.54, 1.807) is 24.3 Å². The minimum atomic E-state index is -0.731. The normalized spacial score (nSPS) is 11.6. The van der Waals surface area contributed by atoms with Gasteiger partial charge in [-0.15, -0.1) is 0 Å². The first-order valence-electron chi connectivity index (χ1n) is 7.35. The molecule has 1 unspecified atom stereocenters. The van der Waals surface area contributed by atoms with E-state index >= 15 is 0 Å². The van der Waals surface area contributed by atoms with Crippen molar-refractivity contribution in [2.45, 2.75) is 5.92 Å². The highest BCUT2D eigenvalue weighted by Crippen LogP contribution is 2.34. The first-order valence-corrected chi connectivity index (χ1v) is 8.52. The van der Waals surface area contributed by atoms with E-state index in [0.717, 1.165) is 0 Å². The summed E-state index contributed by atoms with van der Waals surface area (Å²) < 4.78 is 19.7. The molecule has 1 aromatic heterocycles. The average Bonchev–Trinajstić information content (AvgIpc) is 2.59. The molecule has 0 aliphatic rings. The van der Waals surface area contributed by atoms with Crippen LogP contribution < -0.4 is 10.3 Å². The van der Waals surface area contributed by atoms with Gasteiger partial charge in [-0.3, -0.25) is 4.79 Å². The molecule has 2 aromatic carbocycles. The highest BCUT2D eigenvalue weighted by atomic mass is 79.9. The molecule has 26 heavy (non-hydrogen) atoms. The molecule has 0 saturated heterocycles. The molecule has 1 heterocycles. The lowest BCUT2D eigenvalue weighted by atomic mass is 9.97. The Labute approximate surface area is 161 Å². The SMILES string of the molecule is N#CC(c1ccc(Cl)c(Oc2cc(F)cc(Br)c2)c1)c1ccc(=O)[nH]n1. The third kappa shape index (κ3) is 4.10. The molecule has 0 saturated carbocycles. The fraction of sp³-hybridized carbons (Fsp3) is 0.0556. The van der Waals surface area contributed by atoms with E-state index in [2.05, 4.69) is 32.2 Å². The van der Waals surface area contributed by atoms with Crippen LogP contribution in [0.15, 0.2) is 57.8 Å². The van der Waals surface area contributed by atoms with E-state index in [1.807, 2.05) is 0 Å². The Morgan fingerprint density at radius 3 is 2.69 bits per heavy atom. The van der Waals surface area contributed by atoms with Crippen LogP contribution in [0.1, 0.15) is 17.2 Å². The lowest BCUT2D eigenvalue weighted by molar-refractivity contribution is 0.476. The van der Waals surface area contributed by atoms with Crippen LogP contribution in [0.4, 0.5) is 4.39 Å². The maximum absolute atomic E-state index is 13.5. The largest absolute Gasteiger partial charge is 0.456 e. The van der Waals surface area contributed by atoms with Crippen LogP contribution in [0.5, 0.6) is 11.5 Å². The summed E-state index contributed by atoms with van der Waals surface area (Å²) in [5, 5.41) is 16.0. The number of H-pyrrole nitrogens is 1.